The molecular formula is C12H23NO4. The van der Waals surface area contributed by atoms with E-state index in [0.29, 0.717) is 0 Å². The monoisotopic (exact) mass is 245 g/mol. The zero-order valence-corrected chi connectivity index (χ0v) is 11.5. The average Bonchev–Trinajstić information content (AvgIpc) is 2.08. The SMILES string of the molecule is CCC(=O)[C@@H](NC(=O)OC(C)(C)C)C(C)(C)O. The first-order chi connectivity index (χ1) is 7.47. The largest absolute Gasteiger partial charge is 0.444 e. The van der Waals surface area contributed by atoms with Crippen molar-refractivity contribution in [3.63, 3.8) is 0 Å². The van der Waals surface area contributed by atoms with E-state index in [9.17, 15) is 14.7 Å². The number of rotatable bonds is 4. The van der Waals surface area contributed by atoms with Gasteiger partial charge in [-0.1, -0.05) is 6.92 Å². The summed E-state index contributed by atoms with van der Waals surface area (Å²) in [6, 6.07) is -0.956. The number of carbonyl (C=O) groups excluding carboxylic acids is 2. The lowest BCUT2D eigenvalue weighted by atomic mass is 9.94. The molecule has 0 aliphatic heterocycles. The molecule has 17 heavy (non-hydrogen) atoms. The molecule has 0 bridgehead atoms. The van der Waals surface area contributed by atoms with E-state index in [1.54, 1.807) is 27.7 Å². The van der Waals surface area contributed by atoms with E-state index in [-0.39, 0.29) is 12.2 Å². The fourth-order valence-electron chi connectivity index (χ4n) is 1.28. The van der Waals surface area contributed by atoms with Gasteiger partial charge in [-0.2, -0.15) is 0 Å². The van der Waals surface area contributed by atoms with Crippen molar-refractivity contribution in [1.29, 1.82) is 0 Å². The van der Waals surface area contributed by atoms with Crippen molar-refractivity contribution in [3.8, 4) is 0 Å². The summed E-state index contributed by atoms with van der Waals surface area (Å²) in [7, 11) is 0. The molecule has 5 heteroatoms. The van der Waals surface area contributed by atoms with Crippen molar-refractivity contribution in [2.24, 2.45) is 0 Å². The third-order valence-electron chi connectivity index (χ3n) is 2.04. The second-order valence-corrected chi connectivity index (χ2v) is 5.55. The predicted octanol–water partition coefficient (Wildman–Crippen LogP) is 1.63. The summed E-state index contributed by atoms with van der Waals surface area (Å²) < 4.78 is 5.04. The molecule has 0 fully saturated rings. The molecule has 100 valence electrons. The molecule has 5 nitrogen and oxygen atoms in total. The molecule has 0 aromatic heterocycles. The van der Waals surface area contributed by atoms with Crippen molar-refractivity contribution >= 4 is 11.9 Å². The van der Waals surface area contributed by atoms with Gasteiger partial charge in [0.05, 0.1) is 5.60 Å². The van der Waals surface area contributed by atoms with Gasteiger partial charge in [-0.25, -0.2) is 4.79 Å². The van der Waals surface area contributed by atoms with Gasteiger partial charge in [0.25, 0.3) is 0 Å². The molecule has 2 N–H and O–H groups in total. The molecule has 0 saturated carbocycles. The quantitative estimate of drug-likeness (QED) is 0.789. The van der Waals surface area contributed by atoms with Crippen LogP contribution in [0.2, 0.25) is 0 Å². The Morgan fingerprint density at radius 1 is 1.24 bits per heavy atom. The highest BCUT2D eigenvalue weighted by molar-refractivity contribution is 5.88. The minimum absolute atomic E-state index is 0.233. The lowest BCUT2D eigenvalue weighted by molar-refractivity contribution is -0.126. The van der Waals surface area contributed by atoms with Crippen LogP contribution in [0.4, 0.5) is 4.79 Å². The summed E-state index contributed by atoms with van der Waals surface area (Å²) in [5, 5.41) is 12.2. The van der Waals surface area contributed by atoms with Gasteiger partial charge >= 0.3 is 6.09 Å². The number of ether oxygens (including phenoxy) is 1. The molecule has 0 rings (SSSR count). The number of amides is 1. The lowest BCUT2D eigenvalue weighted by Crippen LogP contribution is -2.54. The van der Waals surface area contributed by atoms with Gasteiger partial charge in [0, 0.05) is 6.42 Å². The van der Waals surface area contributed by atoms with Crippen LogP contribution in [0.5, 0.6) is 0 Å². The van der Waals surface area contributed by atoms with Crippen LogP contribution in [0.15, 0.2) is 0 Å². The highest BCUT2D eigenvalue weighted by Gasteiger charge is 2.34. The summed E-state index contributed by atoms with van der Waals surface area (Å²) in [5.41, 5.74) is -1.95. The normalized spacial score (nSPS) is 14.1. The molecule has 1 atom stereocenters. The molecule has 0 spiro atoms. The van der Waals surface area contributed by atoms with Crippen LogP contribution < -0.4 is 5.32 Å². The molecule has 0 saturated heterocycles. The Labute approximate surface area is 103 Å². The Hall–Kier alpha value is -1.10. The number of hydrogen-bond acceptors (Lipinski definition) is 4. The van der Waals surface area contributed by atoms with Gasteiger partial charge < -0.3 is 15.2 Å². The van der Waals surface area contributed by atoms with E-state index >= 15 is 0 Å². The molecule has 0 radical (unpaired) electrons. The Bertz CT molecular complexity index is 286. The van der Waals surface area contributed by atoms with Crippen LogP contribution in [0.1, 0.15) is 48.0 Å². The molecule has 0 heterocycles. The highest BCUT2D eigenvalue weighted by Crippen LogP contribution is 2.13. The minimum Gasteiger partial charge on any atom is -0.444 e. The van der Waals surface area contributed by atoms with E-state index in [1.807, 2.05) is 0 Å². The summed E-state index contributed by atoms with van der Waals surface area (Å²) in [5.74, 6) is -0.233. The first-order valence-electron chi connectivity index (χ1n) is 5.72. The zero-order chi connectivity index (χ0) is 13.9. The first-order valence-corrected chi connectivity index (χ1v) is 5.72. The molecule has 1 amide bonds. The lowest BCUT2D eigenvalue weighted by Gasteiger charge is -2.30. The van der Waals surface area contributed by atoms with Crippen LogP contribution in [0, 0.1) is 0 Å². The van der Waals surface area contributed by atoms with Gasteiger partial charge in [-0.05, 0) is 34.6 Å². The Balaban J connectivity index is 4.67. The first kappa shape index (κ1) is 15.9. The van der Waals surface area contributed by atoms with Crippen molar-refractivity contribution in [2.75, 3.05) is 0 Å². The standard InChI is InChI=1S/C12H23NO4/c1-7-8(14)9(12(5,6)16)13-10(15)17-11(2,3)4/h9,16H,7H2,1-6H3,(H,13,15)/t9-/m1/s1. The molecule has 0 aliphatic carbocycles. The highest BCUT2D eigenvalue weighted by atomic mass is 16.6. The van der Waals surface area contributed by atoms with Gasteiger partial charge in [0.2, 0.25) is 0 Å². The van der Waals surface area contributed by atoms with Crippen LogP contribution in [0.3, 0.4) is 0 Å². The van der Waals surface area contributed by atoms with Gasteiger partial charge in [-0.15, -0.1) is 0 Å². The predicted molar refractivity (Wildman–Crippen MR) is 64.8 cm³/mol. The Morgan fingerprint density at radius 2 is 1.71 bits per heavy atom. The summed E-state index contributed by atoms with van der Waals surface area (Å²) in [6.07, 6.45) is -0.462. The fourth-order valence-corrected chi connectivity index (χ4v) is 1.28. The van der Waals surface area contributed by atoms with Crippen molar-refractivity contribution in [3.05, 3.63) is 0 Å². The molecular weight excluding hydrogens is 222 g/mol. The van der Waals surface area contributed by atoms with Crippen LogP contribution >= 0.6 is 0 Å². The number of nitrogens with one attached hydrogen (secondary N) is 1. The van der Waals surface area contributed by atoms with Crippen LogP contribution in [-0.2, 0) is 9.53 Å². The van der Waals surface area contributed by atoms with Crippen molar-refractivity contribution in [2.45, 2.75) is 65.2 Å². The second-order valence-electron chi connectivity index (χ2n) is 5.55. The van der Waals surface area contributed by atoms with E-state index < -0.39 is 23.3 Å². The Morgan fingerprint density at radius 3 is 2.00 bits per heavy atom. The number of aliphatic hydroxyl groups is 1. The van der Waals surface area contributed by atoms with Crippen molar-refractivity contribution in [1.82, 2.24) is 5.32 Å². The van der Waals surface area contributed by atoms with Gasteiger partial charge in [-0.3, -0.25) is 4.79 Å². The molecule has 0 aromatic carbocycles. The van der Waals surface area contributed by atoms with E-state index in [2.05, 4.69) is 5.32 Å². The number of alkyl carbamates (subject to hydrolysis) is 1. The molecule has 0 aromatic rings. The molecule has 0 unspecified atom stereocenters. The topological polar surface area (TPSA) is 75.6 Å². The maximum atomic E-state index is 11.6. The van der Waals surface area contributed by atoms with Crippen LogP contribution in [-0.4, -0.2) is 34.2 Å². The number of carbonyl (C=O) groups is 2. The van der Waals surface area contributed by atoms with E-state index in [0.717, 1.165) is 0 Å². The smallest absolute Gasteiger partial charge is 0.408 e. The number of Topliss-reactive ketones (excluding diaryl/α,β-unsaturated/α-hetero) is 1. The second kappa shape index (κ2) is 5.49. The third kappa shape index (κ3) is 6.26. The zero-order valence-electron chi connectivity index (χ0n) is 11.5. The number of hydrogen-bond donors (Lipinski definition) is 2. The van der Waals surface area contributed by atoms with Gasteiger partial charge in [0.15, 0.2) is 5.78 Å². The van der Waals surface area contributed by atoms with Gasteiger partial charge in [0.1, 0.15) is 11.6 Å². The maximum Gasteiger partial charge on any atom is 0.408 e. The third-order valence-corrected chi connectivity index (χ3v) is 2.04. The minimum atomic E-state index is -1.32. The summed E-state index contributed by atoms with van der Waals surface area (Å²) >= 11 is 0. The van der Waals surface area contributed by atoms with Crippen LogP contribution in [0.25, 0.3) is 0 Å². The number of ketones is 1. The maximum absolute atomic E-state index is 11.6. The van der Waals surface area contributed by atoms with E-state index in [4.69, 9.17) is 4.74 Å². The van der Waals surface area contributed by atoms with E-state index in [1.165, 1.54) is 13.8 Å². The summed E-state index contributed by atoms with van der Waals surface area (Å²) in [4.78, 5) is 23.2. The average molecular weight is 245 g/mol. The summed E-state index contributed by atoms with van der Waals surface area (Å²) in [6.45, 7) is 9.82. The Kier molecular flexibility index (Phi) is 5.13. The molecule has 0 aliphatic rings. The van der Waals surface area contributed by atoms with Crippen molar-refractivity contribution < 1.29 is 19.4 Å². The fraction of sp³-hybridized carbons (Fsp3) is 0.833.